The Bertz CT molecular complexity index is 308. The van der Waals surface area contributed by atoms with Crippen LogP contribution in [0.3, 0.4) is 0 Å². The Hall–Kier alpha value is -0.860. The van der Waals surface area contributed by atoms with Crippen molar-refractivity contribution in [3.63, 3.8) is 0 Å². The van der Waals surface area contributed by atoms with Crippen LogP contribution in [0.25, 0.3) is 0 Å². The second-order valence-electron chi connectivity index (χ2n) is 5.38. The van der Waals surface area contributed by atoms with Gasteiger partial charge in [0.1, 0.15) is 0 Å². The van der Waals surface area contributed by atoms with Gasteiger partial charge in [-0.2, -0.15) is 0 Å². The van der Waals surface area contributed by atoms with Gasteiger partial charge in [0.05, 0.1) is 0 Å². The molecule has 0 spiro atoms. The summed E-state index contributed by atoms with van der Waals surface area (Å²) in [5, 5.41) is 3.32. The molecule has 2 heteroatoms. The van der Waals surface area contributed by atoms with E-state index in [1.807, 2.05) is 7.05 Å². The molecule has 1 aromatic rings. The summed E-state index contributed by atoms with van der Waals surface area (Å²) in [5.74, 6) is 1.45. The molecule has 18 heavy (non-hydrogen) atoms. The third kappa shape index (κ3) is 5.19. The summed E-state index contributed by atoms with van der Waals surface area (Å²) in [6, 6.07) is 10.8. The van der Waals surface area contributed by atoms with E-state index in [1.165, 1.54) is 12.1 Å². The molecule has 0 aliphatic heterocycles. The van der Waals surface area contributed by atoms with E-state index in [2.05, 4.69) is 61.3 Å². The van der Waals surface area contributed by atoms with Gasteiger partial charge in [0.15, 0.2) is 0 Å². The van der Waals surface area contributed by atoms with Gasteiger partial charge >= 0.3 is 0 Å². The third-order valence-electron chi connectivity index (χ3n) is 3.60. The van der Waals surface area contributed by atoms with Crippen LogP contribution in [-0.4, -0.2) is 31.6 Å². The average Bonchev–Trinajstić information content (AvgIpc) is 2.38. The van der Waals surface area contributed by atoms with Crippen molar-refractivity contribution in [3.05, 3.63) is 35.9 Å². The lowest BCUT2D eigenvalue weighted by Gasteiger charge is -2.28. The van der Waals surface area contributed by atoms with E-state index in [4.69, 9.17) is 0 Å². The Kier molecular flexibility index (Phi) is 6.99. The summed E-state index contributed by atoms with van der Waals surface area (Å²) in [7, 11) is 2.04. The summed E-state index contributed by atoms with van der Waals surface area (Å²) >= 11 is 0. The standard InChI is InChI=1S/C16H28N2/c1-5-18(12-15-9-7-6-8-10-15)13-16(11-17-4)14(2)3/h6-10,14,16-17H,5,11-13H2,1-4H3. The quantitative estimate of drug-likeness (QED) is 0.761. The van der Waals surface area contributed by atoms with Crippen molar-refractivity contribution < 1.29 is 0 Å². The lowest BCUT2D eigenvalue weighted by Crippen LogP contribution is -2.36. The van der Waals surface area contributed by atoms with Gasteiger partial charge in [-0.05, 0) is 37.5 Å². The third-order valence-corrected chi connectivity index (χ3v) is 3.60. The van der Waals surface area contributed by atoms with E-state index >= 15 is 0 Å². The zero-order valence-electron chi connectivity index (χ0n) is 12.3. The molecule has 1 unspecified atom stereocenters. The largest absolute Gasteiger partial charge is 0.319 e. The second-order valence-corrected chi connectivity index (χ2v) is 5.38. The van der Waals surface area contributed by atoms with Crippen LogP contribution in [0.2, 0.25) is 0 Å². The Morgan fingerprint density at radius 2 is 1.83 bits per heavy atom. The molecular formula is C16H28N2. The van der Waals surface area contributed by atoms with Gasteiger partial charge < -0.3 is 5.32 Å². The van der Waals surface area contributed by atoms with Crippen molar-refractivity contribution >= 4 is 0 Å². The maximum absolute atomic E-state index is 3.32. The minimum Gasteiger partial charge on any atom is -0.319 e. The minimum atomic E-state index is 0.721. The fourth-order valence-corrected chi connectivity index (χ4v) is 2.25. The van der Waals surface area contributed by atoms with E-state index in [0.717, 1.165) is 31.5 Å². The molecule has 1 aromatic carbocycles. The molecule has 0 saturated carbocycles. The highest BCUT2D eigenvalue weighted by Crippen LogP contribution is 2.14. The molecule has 0 amide bonds. The Balaban J connectivity index is 2.55. The lowest BCUT2D eigenvalue weighted by atomic mass is 9.95. The predicted octanol–water partition coefficient (Wildman–Crippen LogP) is 3.00. The summed E-state index contributed by atoms with van der Waals surface area (Å²) in [5.41, 5.74) is 1.41. The first-order valence-electron chi connectivity index (χ1n) is 7.08. The maximum Gasteiger partial charge on any atom is 0.0233 e. The van der Waals surface area contributed by atoms with Crippen LogP contribution in [0.4, 0.5) is 0 Å². The fraction of sp³-hybridized carbons (Fsp3) is 0.625. The molecule has 1 rings (SSSR count). The van der Waals surface area contributed by atoms with Crippen LogP contribution in [-0.2, 0) is 6.54 Å². The Morgan fingerprint density at radius 1 is 1.17 bits per heavy atom. The van der Waals surface area contributed by atoms with Gasteiger partial charge in [-0.15, -0.1) is 0 Å². The monoisotopic (exact) mass is 248 g/mol. The van der Waals surface area contributed by atoms with Crippen LogP contribution in [0.1, 0.15) is 26.3 Å². The minimum absolute atomic E-state index is 0.721. The summed E-state index contributed by atoms with van der Waals surface area (Å²) in [6.45, 7) is 11.3. The van der Waals surface area contributed by atoms with E-state index in [0.29, 0.717) is 0 Å². The molecule has 0 radical (unpaired) electrons. The highest BCUT2D eigenvalue weighted by molar-refractivity contribution is 5.14. The summed E-state index contributed by atoms with van der Waals surface area (Å²) in [6.07, 6.45) is 0. The van der Waals surface area contributed by atoms with Gasteiger partial charge in [-0.3, -0.25) is 4.90 Å². The van der Waals surface area contributed by atoms with Crippen LogP contribution in [0.5, 0.6) is 0 Å². The van der Waals surface area contributed by atoms with Gasteiger partial charge in [-0.1, -0.05) is 51.1 Å². The highest BCUT2D eigenvalue weighted by atomic mass is 15.1. The topological polar surface area (TPSA) is 15.3 Å². The molecule has 0 aromatic heterocycles. The lowest BCUT2D eigenvalue weighted by molar-refractivity contribution is 0.200. The number of nitrogens with zero attached hydrogens (tertiary/aromatic N) is 1. The molecule has 102 valence electrons. The SMILES string of the molecule is CCN(Cc1ccccc1)CC(CNC)C(C)C. The molecule has 1 N–H and O–H groups in total. The Labute approximate surface area is 112 Å². The number of hydrogen-bond acceptors (Lipinski definition) is 2. The van der Waals surface area contributed by atoms with Gasteiger partial charge in [0.25, 0.3) is 0 Å². The van der Waals surface area contributed by atoms with Crippen molar-refractivity contribution in [1.29, 1.82) is 0 Å². The molecule has 0 bridgehead atoms. The van der Waals surface area contributed by atoms with Crippen molar-refractivity contribution in [2.75, 3.05) is 26.7 Å². The summed E-state index contributed by atoms with van der Waals surface area (Å²) in [4.78, 5) is 2.54. The molecule has 0 saturated heterocycles. The number of hydrogen-bond donors (Lipinski definition) is 1. The van der Waals surface area contributed by atoms with Crippen molar-refractivity contribution in [3.8, 4) is 0 Å². The van der Waals surface area contributed by atoms with E-state index in [1.54, 1.807) is 0 Å². The van der Waals surface area contributed by atoms with E-state index in [9.17, 15) is 0 Å². The van der Waals surface area contributed by atoms with E-state index < -0.39 is 0 Å². The van der Waals surface area contributed by atoms with Crippen molar-refractivity contribution in [2.45, 2.75) is 27.3 Å². The van der Waals surface area contributed by atoms with Crippen LogP contribution in [0.15, 0.2) is 30.3 Å². The zero-order chi connectivity index (χ0) is 13.4. The van der Waals surface area contributed by atoms with Crippen LogP contribution in [0, 0.1) is 11.8 Å². The fourth-order valence-electron chi connectivity index (χ4n) is 2.25. The highest BCUT2D eigenvalue weighted by Gasteiger charge is 2.16. The van der Waals surface area contributed by atoms with Gasteiger partial charge in [0, 0.05) is 13.1 Å². The molecule has 0 aliphatic rings. The van der Waals surface area contributed by atoms with Gasteiger partial charge in [-0.25, -0.2) is 0 Å². The first kappa shape index (κ1) is 15.2. The first-order valence-corrected chi connectivity index (χ1v) is 7.08. The second kappa shape index (κ2) is 8.28. The molecular weight excluding hydrogens is 220 g/mol. The van der Waals surface area contributed by atoms with Gasteiger partial charge in [0.2, 0.25) is 0 Å². The molecule has 0 fully saturated rings. The predicted molar refractivity (Wildman–Crippen MR) is 79.6 cm³/mol. The molecule has 0 heterocycles. The maximum atomic E-state index is 3.32. The summed E-state index contributed by atoms with van der Waals surface area (Å²) < 4.78 is 0. The van der Waals surface area contributed by atoms with Crippen molar-refractivity contribution in [1.82, 2.24) is 10.2 Å². The number of rotatable bonds is 8. The average molecular weight is 248 g/mol. The van der Waals surface area contributed by atoms with Crippen LogP contribution >= 0.6 is 0 Å². The normalized spacial score (nSPS) is 13.2. The van der Waals surface area contributed by atoms with E-state index in [-0.39, 0.29) is 0 Å². The number of benzene rings is 1. The smallest absolute Gasteiger partial charge is 0.0233 e. The molecule has 2 nitrogen and oxygen atoms in total. The Morgan fingerprint density at radius 3 is 2.33 bits per heavy atom. The van der Waals surface area contributed by atoms with Crippen molar-refractivity contribution in [2.24, 2.45) is 11.8 Å². The molecule has 1 atom stereocenters. The zero-order valence-corrected chi connectivity index (χ0v) is 12.3. The molecule has 0 aliphatic carbocycles. The van der Waals surface area contributed by atoms with Crippen LogP contribution < -0.4 is 5.32 Å². The first-order chi connectivity index (χ1) is 8.67. The number of nitrogens with one attached hydrogen (secondary N) is 1.